The Morgan fingerprint density at radius 2 is 1.38 bits per heavy atom. The molecule has 132 valence electrons. The van der Waals surface area contributed by atoms with Crippen molar-refractivity contribution in [2.75, 3.05) is 11.5 Å². The summed E-state index contributed by atoms with van der Waals surface area (Å²) in [5, 5.41) is 21.3. The van der Waals surface area contributed by atoms with E-state index in [0.29, 0.717) is 33.1 Å². The van der Waals surface area contributed by atoms with Gasteiger partial charge in [0.2, 0.25) is 0 Å². The van der Waals surface area contributed by atoms with E-state index in [9.17, 15) is 10.2 Å². The van der Waals surface area contributed by atoms with Crippen molar-refractivity contribution in [3.05, 3.63) is 73.2 Å². The molecule has 0 saturated heterocycles. The Morgan fingerprint density at radius 3 is 1.96 bits per heavy atom. The molecule has 1 heterocycles. The average Bonchev–Trinajstić information content (AvgIpc) is 2.60. The molecule has 0 atom stereocenters. The summed E-state index contributed by atoms with van der Waals surface area (Å²) >= 11 is 6.77. The predicted molar refractivity (Wildman–Crippen MR) is 111 cm³/mol. The van der Waals surface area contributed by atoms with Gasteiger partial charge in [-0.05, 0) is 48.6 Å². The molecule has 0 radical (unpaired) electrons. The van der Waals surface area contributed by atoms with Gasteiger partial charge in [0.15, 0.2) is 0 Å². The van der Waals surface area contributed by atoms with Crippen LogP contribution in [0.3, 0.4) is 0 Å². The van der Waals surface area contributed by atoms with E-state index in [1.807, 2.05) is 0 Å². The predicted octanol–water partition coefficient (Wildman–Crippen LogP) is 2.84. The van der Waals surface area contributed by atoms with Crippen molar-refractivity contribution in [2.45, 2.75) is 0 Å². The van der Waals surface area contributed by atoms with E-state index in [0.717, 1.165) is 8.95 Å². The van der Waals surface area contributed by atoms with Crippen molar-refractivity contribution in [1.29, 1.82) is 0 Å². The summed E-state index contributed by atoms with van der Waals surface area (Å²) < 4.78 is 1.63. The highest BCUT2D eigenvalue weighted by atomic mass is 79.9. The second-order valence-electron chi connectivity index (χ2n) is 5.62. The first-order valence-electron chi connectivity index (χ1n) is 7.55. The first-order chi connectivity index (χ1) is 12.3. The number of phenolic OH excluding ortho intramolecular Hbond substituents is 2. The number of nitrogens with zero attached hydrogens (tertiary/aromatic N) is 1. The van der Waals surface area contributed by atoms with Crippen LogP contribution in [0.5, 0.6) is 11.5 Å². The maximum atomic E-state index is 10.1. The van der Waals surface area contributed by atoms with Gasteiger partial charge in [0.1, 0.15) is 11.5 Å². The van der Waals surface area contributed by atoms with E-state index < -0.39 is 0 Å². The number of aromatic hydroxyl groups is 2. The normalized spacial score (nSPS) is 12.5. The fourth-order valence-electron chi connectivity index (χ4n) is 2.42. The van der Waals surface area contributed by atoms with Crippen molar-refractivity contribution in [2.24, 2.45) is 0 Å². The van der Waals surface area contributed by atoms with Gasteiger partial charge in [0, 0.05) is 25.3 Å². The lowest BCUT2D eigenvalue weighted by Crippen LogP contribution is -2.32. The van der Waals surface area contributed by atoms with Gasteiger partial charge >= 0.3 is 0 Å². The highest BCUT2D eigenvalue weighted by Gasteiger charge is 2.05. The van der Waals surface area contributed by atoms with Crippen LogP contribution in [0, 0.1) is 0 Å². The van der Waals surface area contributed by atoms with E-state index in [2.05, 4.69) is 36.8 Å². The van der Waals surface area contributed by atoms with Crippen LogP contribution in [0.1, 0.15) is 11.1 Å². The quantitative estimate of drug-likeness (QED) is 0.455. The minimum absolute atomic E-state index is 0.103. The van der Waals surface area contributed by atoms with Crippen LogP contribution in [0.4, 0.5) is 11.4 Å². The molecule has 3 rings (SSSR count). The Balaban J connectivity index is 2.34. The molecule has 0 aliphatic heterocycles. The van der Waals surface area contributed by atoms with Gasteiger partial charge in [-0.1, -0.05) is 31.9 Å². The summed E-state index contributed by atoms with van der Waals surface area (Å²) in [7, 11) is 0. The van der Waals surface area contributed by atoms with Crippen LogP contribution in [0.2, 0.25) is 0 Å². The second-order valence-corrected chi connectivity index (χ2v) is 7.45. The van der Waals surface area contributed by atoms with Gasteiger partial charge in [-0.15, -0.1) is 0 Å². The van der Waals surface area contributed by atoms with Crippen molar-refractivity contribution in [3.63, 3.8) is 0 Å². The molecule has 0 spiro atoms. The third kappa shape index (κ3) is 3.84. The van der Waals surface area contributed by atoms with Crippen molar-refractivity contribution in [3.8, 4) is 11.5 Å². The number of hydrogen-bond donors (Lipinski definition) is 4. The maximum absolute atomic E-state index is 10.1. The van der Waals surface area contributed by atoms with Gasteiger partial charge in [0.05, 0.1) is 22.9 Å². The highest BCUT2D eigenvalue weighted by molar-refractivity contribution is 9.10. The van der Waals surface area contributed by atoms with Crippen molar-refractivity contribution in [1.82, 2.24) is 4.98 Å². The van der Waals surface area contributed by atoms with Gasteiger partial charge in [-0.3, -0.25) is 4.98 Å². The van der Waals surface area contributed by atoms with Gasteiger partial charge < -0.3 is 21.7 Å². The minimum atomic E-state index is 0.103. The molecule has 6 N–H and O–H groups in total. The molecule has 0 fully saturated rings. The Kier molecular flexibility index (Phi) is 5.20. The SMILES string of the molecule is Nc1cnc(=Cc2cc(Br)ccc2O)c(=Cc2cc(Br)ccc2O)c1N. The zero-order valence-electron chi connectivity index (χ0n) is 13.4. The Labute approximate surface area is 166 Å². The average molecular weight is 477 g/mol. The lowest BCUT2D eigenvalue weighted by molar-refractivity contribution is 0.473. The van der Waals surface area contributed by atoms with Crippen LogP contribution < -0.4 is 22.0 Å². The van der Waals surface area contributed by atoms with Crippen molar-refractivity contribution >= 4 is 55.4 Å². The number of hydrogen-bond acceptors (Lipinski definition) is 5. The number of nitrogens with two attached hydrogens (primary N) is 2. The molecular formula is C19H15Br2N3O2. The highest BCUT2D eigenvalue weighted by Crippen LogP contribution is 2.23. The number of phenols is 2. The molecule has 0 aliphatic rings. The fraction of sp³-hybridized carbons (Fsp3) is 0. The molecule has 7 heteroatoms. The van der Waals surface area contributed by atoms with Crippen LogP contribution >= 0.6 is 31.9 Å². The maximum Gasteiger partial charge on any atom is 0.122 e. The Hall–Kier alpha value is -2.51. The van der Waals surface area contributed by atoms with Crippen LogP contribution in [-0.4, -0.2) is 15.2 Å². The second kappa shape index (κ2) is 7.39. The van der Waals surface area contributed by atoms with Crippen LogP contribution in [0.15, 0.2) is 51.5 Å². The standard InChI is InChI=1S/C19H15Br2N3O2/c20-12-1-3-17(25)10(5-12)7-14-16(24-9-15(22)19(14)23)8-11-6-13(21)2-4-18(11)26/h1-9,25-26H,22-23H2. The summed E-state index contributed by atoms with van der Waals surface area (Å²) in [5.41, 5.74) is 13.9. The van der Waals surface area contributed by atoms with E-state index >= 15 is 0 Å². The number of benzene rings is 2. The van der Waals surface area contributed by atoms with E-state index in [4.69, 9.17) is 11.5 Å². The van der Waals surface area contributed by atoms with Crippen LogP contribution in [0.25, 0.3) is 12.2 Å². The third-order valence-corrected chi connectivity index (χ3v) is 4.78. The molecule has 0 amide bonds. The van der Waals surface area contributed by atoms with E-state index in [-0.39, 0.29) is 11.5 Å². The van der Waals surface area contributed by atoms with Crippen molar-refractivity contribution < 1.29 is 10.2 Å². The topological polar surface area (TPSA) is 105 Å². The molecule has 1 aromatic heterocycles. The zero-order valence-corrected chi connectivity index (χ0v) is 16.6. The molecule has 3 aromatic rings. The minimum Gasteiger partial charge on any atom is -0.507 e. The summed E-state index contributed by atoms with van der Waals surface area (Å²) in [6, 6.07) is 10.2. The molecule has 26 heavy (non-hydrogen) atoms. The van der Waals surface area contributed by atoms with Gasteiger partial charge in [0.25, 0.3) is 0 Å². The zero-order chi connectivity index (χ0) is 18.8. The summed E-state index contributed by atoms with van der Waals surface area (Å²) in [6.07, 6.45) is 4.88. The molecule has 5 nitrogen and oxygen atoms in total. The Morgan fingerprint density at radius 1 is 0.846 bits per heavy atom. The number of nitrogen functional groups attached to an aromatic ring is 2. The molecule has 0 aliphatic carbocycles. The van der Waals surface area contributed by atoms with Gasteiger partial charge in [-0.2, -0.15) is 0 Å². The lowest BCUT2D eigenvalue weighted by Gasteiger charge is -2.05. The van der Waals surface area contributed by atoms with Gasteiger partial charge in [-0.25, -0.2) is 0 Å². The first-order valence-corrected chi connectivity index (χ1v) is 9.14. The third-order valence-electron chi connectivity index (χ3n) is 3.79. The number of rotatable bonds is 2. The number of halogens is 2. The van der Waals surface area contributed by atoms with Crippen LogP contribution in [-0.2, 0) is 0 Å². The Bertz CT molecular complexity index is 1110. The molecular weight excluding hydrogens is 462 g/mol. The molecule has 0 unspecified atom stereocenters. The molecule has 0 saturated carbocycles. The van der Waals surface area contributed by atoms with E-state index in [1.165, 1.54) is 6.20 Å². The fourth-order valence-corrected chi connectivity index (χ4v) is 3.18. The smallest absolute Gasteiger partial charge is 0.122 e. The number of anilines is 2. The monoisotopic (exact) mass is 475 g/mol. The summed E-state index contributed by atoms with van der Waals surface area (Å²) in [4.78, 5) is 4.34. The summed E-state index contributed by atoms with van der Waals surface area (Å²) in [6.45, 7) is 0. The molecule has 2 aromatic carbocycles. The largest absolute Gasteiger partial charge is 0.507 e. The molecule has 0 bridgehead atoms. The first kappa shape index (κ1) is 18.3. The lowest BCUT2D eigenvalue weighted by atomic mass is 10.1. The van der Waals surface area contributed by atoms with E-state index in [1.54, 1.807) is 48.6 Å². The number of aromatic nitrogens is 1. The number of pyridine rings is 1. The summed E-state index contributed by atoms with van der Waals surface area (Å²) in [5.74, 6) is 0.216.